The van der Waals surface area contributed by atoms with Gasteiger partial charge in [-0.05, 0) is 55.5 Å². The molecule has 14 heteroatoms. The molecule has 2 aromatic rings. The van der Waals surface area contributed by atoms with Gasteiger partial charge in [0.25, 0.3) is 0 Å². The molecule has 62 heavy (non-hydrogen) atoms. The Kier molecular flexibility index (Phi) is 9.53. The normalized spacial score (nSPS) is 41.7. The minimum Gasteiger partial charge on any atom is -0.633 e. The van der Waals surface area contributed by atoms with Crippen LogP contribution in [0, 0.1) is 16.5 Å². The maximum atomic E-state index is 15.5. The van der Waals surface area contributed by atoms with Gasteiger partial charge in [0.05, 0.1) is 39.4 Å². The summed E-state index contributed by atoms with van der Waals surface area (Å²) in [5.41, 5.74) is -1.04. The Labute approximate surface area is 364 Å². The van der Waals surface area contributed by atoms with Gasteiger partial charge in [0.1, 0.15) is 42.1 Å². The van der Waals surface area contributed by atoms with E-state index in [-0.39, 0.29) is 41.7 Å². The Morgan fingerprint density at radius 2 is 1.87 bits per heavy atom. The lowest BCUT2D eigenvalue weighted by Crippen LogP contribution is -2.80. The lowest BCUT2D eigenvalue weighted by Gasteiger charge is -2.64. The van der Waals surface area contributed by atoms with Crippen LogP contribution < -0.4 is 15.0 Å². The number of anilines is 2. The van der Waals surface area contributed by atoms with Crippen molar-refractivity contribution in [3.63, 3.8) is 0 Å². The summed E-state index contributed by atoms with van der Waals surface area (Å²) < 4.78 is 30.9. The van der Waals surface area contributed by atoms with E-state index in [9.17, 15) is 19.9 Å². The maximum absolute atomic E-state index is 15.5. The molecule has 2 bridgehead atoms. The zero-order valence-electron chi connectivity index (χ0n) is 37.1. The Hall–Kier alpha value is -4.21. The summed E-state index contributed by atoms with van der Waals surface area (Å²) >= 11 is 0. The summed E-state index contributed by atoms with van der Waals surface area (Å²) in [5, 5.41) is 32.5. The molecule has 7 heterocycles. The lowest BCUT2D eigenvalue weighted by molar-refractivity contribution is -0.890. The van der Waals surface area contributed by atoms with Crippen molar-refractivity contribution in [1.29, 1.82) is 0 Å². The second-order valence-electron chi connectivity index (χ2n) is 19.7. The molecule has 0 radical (unpaired) electrons. The number of hydrogen-bond donors (Lipinski definition) is 2. The van der Waals surface area contributed by atoms with E-state index >= 15 is 4.79 Å². The van der Waals surface area contributed by atoms with Crippen molar-refractivity contribution in [1.82, 2.24) is 4.90 Å². The molecular formula is C48H62N4O10. The number of nitrogens with one attached hydrogen (secondary N) is 1. The quantitative estimate of drug-likeness (QED) is 0.0894. The highest BCUT2D eigenvalue weighted by Crippen LogP contribution is 2.68. The standard InChI is InChI=1S/C48H62N4O10/c1-8-37(54)60-27-48(56)41-46(18-20-51-19-13-17-44(9-2,40(46)51)42(48)61-28(4)53)32-22-33(36(58-6)23-35(32)50(41)5)47(43(55)59-7)24-29-25-52(57,26-45(10-3)39(29)62-45)21-16-31-30-14-11-12-15-34(30)49-38(31)47/h11-15,17,22-23,29,31,38-42,49,56H,8-10,16,18-21,24-27H2,1-7H3/t29?,31?,38?,39?,40-,41+,42+,44+,45?,46+,47+,48-,52?/m1/s1. The number of epoxide rings is 1. The van der Waals surface area contributed by atoms with Crippen molar-refractivity contribution in [2.75, 3.05) is 70.8 Å². The number of nitrogens with zero attached hydrogens (tertiary/aromatic N) is 3. The largest absolute Gasteiger partial charge is 0.633 e. The van der Waals surface area contributed by atoms with Crippen molar-refractivity contribution < 1.29 is 47.8 Å². The molecule has 2 N–H and O–H groups in total. The molecule has 14 nitrogen and oxygen atoms in total. The first-order valence-electron chi connectivity index (χ1n) is 22.8. The Morgan fingerprint density at radius 3 is 2.58 bits per heavy atom. The number of quaternary nitrogens is 1. The van der Waals surface area contributed by atoms with Crippen LogP contribution in [-0.4, -0.2) is 135 Å². The van der Waals surface area contributed by atoms with Gasteiger partial charge in [0.2, 0.25) is 0 Å². The zero-order chi connectivity index (χ0) is 43.8. The van der Waals surface area contributed by atoms with Crippen LogP contribution in [0.25, 0.3) is 0 Å². The van der Waals surface area contributed by atoms with Crippen LogP contribution >= 0.6 is 0 Å². The summed E-state index contributed by atoms with van der Waals surface area (Å²) in [4.78, 5) is 46.1. The van der Waals surface area contributed by atoms with Crippen LogP contribution in [0.1, 0.15) is 88.8 Å². The van der Waals surface area contributed by atoms with Crippen molar-refractivity contribution in [3.8, 4) is 5.75 Å². The molecule has 7 aliphatic heterocycles. The van der Waals surface area contributed by atoms with Crippen molar-refractivity contribution in [2.24, 2.45) is 11.3 Å². The van der Waals surface area contributed by atoms with Gasteiger partial charge in [-0.25, -0.2) is 0 Å². The highest BCUT2D eigenvalue weighted by molar-refractivity contribution is 5.89. The third kappa shape index (κ3) is 5.36. The van der Waals surface area contributed by atoms with Crippen LogP contribution in [0.5, 0.6) is 5.75 Å². The molecule has 1 saturated carbocycles. The Balaban J connectivity index is 1.23. The average molecular weight is 855 g/mol. The summed E-state index contributed by atoms with van der Waals surface area (Å²) in [6.45, 7) is 9.35. The maximum Gasteiger partial charge on any atom is 0.318 e. The molecular weight excluding hydrogens is 793 g/mol. The first-order chi connectivity index (χ1) is 29.7. The topological polar surface area (TPSA) is 162 Å². The molecule has 334 valence electrons. The van der Waals surface area contributed by atoms with Gasteiger partial charge in [0.15, 0.2) is 5.60 Å². The Morgan fingerprint density at radius 1 is 1.08 bits per heavy atom. The van der Waals surface area contributed by atoms with Crippen molar-refractivity contribution in [3.05, 3.63) is 70.4 Å². The van der Waals surface area contributed by atoms with E-state index in [0.717, 1.165) is 22.5 Å². The van der Waals surface area contributed by atoms with Gasteiger partial charge in [-0.2, -0.15) is 0 Å². The zero-order valence-corrected chi connectivity index (χ0v) is 37.1. The average Bonchev–Trinajstić information content (AvgIpc) is 3.53. The number of rotatable bonds is 9. The number of methoxy groups -OCH3 is 2. The van der Waals surface area contributed by atoms with Gasteiger partial charge in [-0.15, -0.1) is 0 Å². The molecule has 4 saturated heterocycles. The number of hydroxylamine groups is 3. The van der Waals surface area contributed by atoms with Gasteiger partial charge in [-0.1, -0.05) is 51.1 Å². The predicted octanol–water partition coefficient (Wildman–Crippen LogP) is 4.70. The highest BCUT2D eigenvalue weighted by atomic mass is 16.6. The van der Waals surface area contributed by atoms with Crippen molar-refractivity contribution >= 4 is 29.3 Å². The predicted molar refractivity (Wildman–Crippen MR) is 230 cm³/mol. The minimum atomic E-state index is -1.87. The highest BCUT2D eigenvalue weighted by Gasteiger charge is 2.79. The summed E-state index contributed by atoms with van der Waals surface area (Å²) in [5.74, 6) is -1.38. The van der Waals surface area contributed by atoms with Crippen molar-refractivity contribution in [2.45, 2.75) is 125 Å². The first-order valence-corrected chi connectivity index (χ1v) is 22.8. The summed E-state index contributed by atoms with van der Waals surface area (Å²) in [6.07, 6.45) is 5.84. The number of carbonyl (C=O) groups excluding carboxylic acids is 3. The van der Waals surface area contributed by atoms with Crippen LogP contribution in [0.15, 0.2) is 48.6 Å². The van der Waals surface area contributed by atoms with E-state index in [1.807, 2.05) is 31.3 Å². The molecule has 5 fully saturated rings. The molecule has 1 aliphatic carbocycles. The molecule has 0 aromatic heterocycles. The van der Waals surface area contributed by atoms with E-state index < -0.39 is 63.5 Å². The van der Waals surface area contributed by atoms with Crippen LogP contribution in [0.3, 0.4) is 0 Å². The van der Waals surface area contributed by atoms with Gasteiger partial charge in [-0.3, -0.25) is 19.3 Å². The number of hydrogen-bond acceptors (Lipinski definition) is 13. The second-order valence-corrected chi connectivity index (χ2v) is 19.7. The van der Waals surface area contributed by atoms with E-state index in [1.54, 1.807) is 14.0 Å². The fourth-order valence-corrected chi connectivity index (χ4v) is 14.9. The number of piperidine rings is 1. The second kappa shape index (κ2) is 14.1. The number of para-hydroxylation sites is 1. The lowest BCUT2D eigenvalue weighted by atomic mass is 9.47. The third-order valence-corrected chi connectivity index (χ3v) is 17.1. The molecule has 10 rings (SSSR count). The fourth-order valence-electron chi connectivity index (χ4n) is 14.9. The Bertz CT molecular complexity index is 2240. The SMILES string of the molecule is CCC(=O)OC[C@]1(O)[C@@H](OC(C)=O)[C@@]2(CC)C=CCN3CC[C@]4(c5cc([C@@]6(C(=O)OC)CC7C[N+]([O-])(CCC8c9ccccc9NC86)CC6(CC)OC76)c(OC)cc5N(C)[C@H]14)[C@H]32. The molecule has 2 aromatic carbocycles. The molecule has 13 atom stereocenters. The number of carbonyl (C=O) groups is 3. The first kappa shape index (κ1) is 41.8. The van der Waals surface area contributed by atoms with Crippen LogP contribution in [-0.2, 0) is 44.2 Å². The molecule has 0 amide bonds. The van der Waals surface area contributed by atoms with Gasteiger partial charge in [0, 0.05) is 85.1 Å². The minimum absolute atomic E-state index is 0.115. The summed E-state index contributed by atoms with van der Waals surface area (Å²) in [6, 6.07) is 10.9. The number of benzene rings is 2. The van der Waals surface area contributed by atoms with Crippen LogP contribution in [0.2, 0.25) is 0 Å². The smallest absolute Gasteiger partial charge is 0.318 e. The van der Waals surface area contributed by atoms with Gasteiger partial charge < -0.3 is 48.9 Å². The number of esters is 3. The van der Waals surface area contributed by atoms with Gasteiger partial charge >= 0.3 is 17.9 Å². The number of likely N-dealkylation sites (N-methyl/N-ethyl adjacent to an activating group) is 1. The van der Waals surface area contributed by atoms with Crippen LogP contribution in [0.4, 0.5) is 11.4 Å². The fraction of sp³-hybridized carbons (Fsp3) is 0.646. The summed E-state index contributed by atoms with van der Waals surface area (Å²) in [7, 11) is 5.01. The molecule has 6 unspecified atom stereocenters. The number of fused-ring (bicyclic) bond motifs is 8. The van der Waals surface area contributed by atoms with E-state index in [0.29, 0.717) is 76.1 Å². The number of ether oxygens (including phenoxy) is 5. The molecule has 8 aliphatic rings. The third-order valence-electron chi connectivity index (χ3n) is 17.1. The molecule has 1 spiro atoms. The van der Waals surface area contributed by atoms with E-state index in [1.165, 1.54) is 14.0 Å². The number of aliphatic hydroxyl groups is 1. The monoisotopic (exact) mass is 854 g/mol. The van der Waals surface area contributed by atoms with E-state index in [4.69, 9.17) is 23.7 Å². The van der Waals surface area contributed by atoms with E-state index in [2.05, 4.69) is 53.2 Å².